The predicted molar refractivity (Wildman–Crippen MR) is 172 cm³/mol. The molecule has 5 aromatic rings. The zero-order chi connectivity index (χ0) is 30.0. The number of carbonyl (C=O) groups excluding carboxylic acids is 1. The Bertz CT molecular complexity index is 1780. The van der Waals surface area contributed by atoms with E-state index in [1.807, 2.05) is 104 Å². The molecule has 0 aliphatic carbocycles. The van der Waals surface area contributed by atoms with Crippen LogP contribution in [-0.2, 0) is 11.8 Å². The molecule has 42 heavy (non-hydrogen) atoms. The van der Waals surface area contributed by atoms with Crippen LogP contribution in [0.25, 0.3) is 16.6 Å². The molecule has 214 valence electrons. The zero-order valence-corrected chi connectivity index (χ0v) is 25.4. The molecule has 4 aromatic carbocycles. The van der Waals surface area contributed by atoms with E-state index in [0.717, 1.165) is 22.4 Å². The lowest BCUT2D eigenvalue weighted by Crippen LogP contribution is -2.38. The van der Waals surface area contributed by atoms with Crippen LogP contribution in [0.2, 0.25) is 0 Å². The van der Waals surface area contributed by atoms with Gasteiger partial charge in [0, 0.05) is 12.1 Å². The van der Waals surface area contributed by atoms with Crippen molar-refractivity contribution in [3.63, 3.8) is 0 Å². The lowest BCUT2D eigenvalue weighted by Gasteiger charge is -2.31. The number of benzene rings is 4. The summed E-state index contributed by atoms with van der Waals surface area (Å²) in [5.41, 5.74) is 6.36. The van der Waals surface area contributed by atoms with Crippen molar-refractivity contribution in [2.45, 2.75) is 59.4 Å². The highest BCUT2D eigenvalue weighted by Gasteiger charge is 2.28. The Hall–Kier alpha value is -4.51. The van der Waals surface area contributed by atoms with Crippen molar-refractivity contribution in [3.8, 4) is 5.69 Å². The average molecular weight is 558 g/mol. The van der Waals surface area contributed by atoms with Crippen LogP contribution in [-0.4, -0.2) is 26.9 Å². The zero-order valence-electron chi connectivity index (χ0n) is 25.4. The Kier molecular flexibility index (Phi) is 8.13. The molecule has 0 aliphatic heterocycles. The maximum atomic E-state index is 14.2. The van der Waals surface area contributed by atoms with Gasteiger partial charge >= 0.3 is 0 Å². The van der Waals surface area contributed by atoms with E-state index in [9.17, 15) is 9.59 Å². The minimum absolute atomic E-state index is 0.0148. The molecule has 0 N–H and O–H groups in total. The molecular formula is C37H39N3O2. The van der Waals surface area contributed by atoms with Gasteiger partial charge in [-0.1, -0.05) is 81.4 Å². The maximum Gasteiger partial charge on any atom is 0.266 e. The second-order valence-corrected chi connectivity index (χ2v) is 12.1. The first kappa shape index (κ1) is 29.0. The van der Waals surface area contributed by atoms with E-state index in [0.29, 0.717) is 35.3 Å². The summed E-state index contributed by atoms with van der Waals surface area (Å²) in [7, 11) is 0. The van der Waals surface area contributed by atoms with Crippen molar-refractivity contribution in [2.24, 2.45) is 0 Å². The monoisotopic (exact) mass is 557 g/mol. The van der Waals surface area contributed by atoms with Crippen molar-refractivity contribution in [1.82, 2.24) is 14.5 Å². The minimum Gasteiger partial charge on any atom is -0.328 e. The molecule has 1 unspecified atom stereocenters. The largest absolute Gasteiger partial charge is 0.328 e. The number of aryl methyl sites for hydroxylation is 2. The number of hydrogen-bond donors (Lipinski definition) is 0. The Morgan fingerprint density at radius 1 is 0.857 bits per heavy atom. The summed E-state index contributed by atoms with van der Waals surface area (Å²) < 4.78 is 1.69. The second kappa shape index (κ2) is 11.8. The van der Waals surface area contributed by atoms with Crippen LogP contribution >= 0.6 is 0 Å². The Morgan fingerprint density at radius 2 is 1.52 bits per heavy atom. The van der Waals surface area contributed by atoms with E-state index in [1.165, 1.54) is 5.56 Å². The molecule has 0 bridgehead atoms. The van der Waals surface area contributed by atoms with E-state index in [4.69, 9.17) is 4.98 Å². The number of fused-ring (bicyclic) bond motifs is 1. The van der Waals surface area contributed by atoms with Gasteiger partial charge in [-0.15, -0.1) is 0 Å². The molecule has 0 saturated heterocycles. The van der Waals surface area contributed by atoms with Gasteiger partial charge < -0.3 is 4.90 Å². The summed E-state index contributed by atoms with van der Waals surface area (Å²) in [4.78, 5) is 35.2. The molecule has 1 amide bonds. The van der Waals surface area contributed by atoms with Crippen LogP contribution in [0.4, 0.5) is 0 Å². The number of nitrogens with zero attached hydrogens (tertiary/aromatic N) is 3. The molecule has 5 rings (SSSR count). The summed E-state index contributed by atoms with van der Waals surface area (Å²) in [5, 5.41) is 0.548. The first-order chi connectivity index (χ1) is 20.0. The number of rotatable bonds is 7. The number of aromatic nitrogens is 2. The van der Waals surface area contributed by atoms with Crippen LogP contribution < -0.4 is 5.56 Å². The fourth-order valence-corrected chi connectivity index (χ4v) is 5.33. The number of carbonyl (C=O) groups is 1. The van der Waals surface area contributed by atoms with Crippen LogP contribution in [0.1, 0.15) is 72.2 Å². The molecule has 0 fully saturated rings. The van der Waals surface area contributed by atoms with Crippen molar-refractivity contribution >= 4 is 16.8 Å². The van der Waals surface area contributed by atoms with Gasteiger partial charge in [-0.25, -0.2) is 4.98 Å². The highest BCUT2D eigenvalue weighted by atomic mass is 16.2. The number of amides is 1. The standard InChI is InChI=1S/C37H39N3O2/c1-25-16-21-31(24-26(25)2)40-34(38-33-15-11-10-14-32(33)36(40)42)27(3)39(23-22-28-12-8-7-9-13-28)35(41)29-17-19-30(20-18-29)37(4,5)6/h7-21,24,27H,22-23H2,1-6H3. The molecule has 0 saturated carbocycles. The van der Waals surface area contributed by atoms with Crippen LogP contribution in [0, 0.1) is 13.8 Å². The first-order valence-electron chi connectivity index (χ1n) is 14.6. The fourth-order valence-electron chi connectivity index (χ4n) is 5.33. The van der Waals surface area contributed by atoms with Crippen molar-refractivity contribution < 1.29 is 4.79 Å². The third-order valence-corrected chi connectivity index (χ3v) is 8.13. The molecular weight excluding hydrogens is 518 g/mol. The summed E-state index contributed by atoms with van der Waals surface area (Å²) in [6.07, 6.45) is 0.679. The van der Waals surface area contributed by atoms with Gasteiger partial charge in [0.25, 0.3) is 11.5 Å². The smallest absolute Gasteiger partial charge is 0.266 e. The highest BCUT2D eigenvalue weighted by molar-refractivity contribution is 5.94. The minimum atomic E-state index is -0.484. The molecule has 0 aliphatic rings. The number of para-hydroxylation sites is 1. The van der Waals surface area contributed by atoms with Crippen molar-refractivity contribution in [1.29, 1.82) is 0 Å². The normalized spacial score (nSPS) is 12.3. The van der Waals surface area contributed by atoms with Crippen LogP contribution in [0.3, 0.4) is 0 Å². The summed E-state index contributed by atoms with van der Waals surface area (Å²) in [5.74, 6) is 0.447. The van der Waals surface area contributed by atoms with E-state index >= 15 is 0 Å². The van der Waals surface area contributed by atoms with Gasteiger partial charge in [-0.2, -0.15) is 0 Å². The van der Waals surface area contributed by atoms with Crippen LogP contribution in [0.5, 0.6) is 0 Å². The summed E-state index contributed by atoms with van der Waals surface area (Å²) in [6, 6.07) is 31.0. The maximum absolute atomic E-state index is 14.2. The molecule has 1 atom stereocenters. The second-order valence-electron chi connectivity index (χ2n) is 12.1. The molecule has 5 heteroatoms. The lowest BCUT2D eigenvalue weighted by molar-refractivity contribution is 0.0683. The van der Waals surface area contributed by atoms with Gasteiger partial charge in [0.05, 0.1) is 22.6 Å². The molecule has 5 nitrogen and oxygen atoms in total. The Morgan fingerprint density at radius 3 is 2.19 bits per heavy atom. The van der Waals surface area contributed by atoms with Gasteiger partial charge in [0.1, 0.15) is 5.82 Å². The first-order valence-corrected chi connectivity index (χ1v) is 14.6. The van der Waals surface area contributed by atoms with Gasteiger partial charge in [0.15, 0.2) is 0 Å². The molecule has 0 radical (unpaired) electrons. The van der Waals surface area contributed by atoms with Crippen molar-refractivity contribution in [3.05, 3.63) is 141 Å². The quantitative estimate of drug-likeness (QED) is 0.206. The number of hydrogen-bond acceptors (Lipinski definition) is 3. The van der Waals surface area contributed by atoms with E-state index in [1.54, 1.807) is 4.57 Å². The summed E-state index contributed by atoms with van der Waals surface area (Å²) >= 11 is 0. The third kappa shape index (κ3) is 5.91. The fraction of sp³-hybridized carbons (Fsp3) is 0.270. The van der Waals surface area contributed by atoms with Gasteiger partial charge in [-0.3, -0.25) is 14.2 Å². The average Bonchev–Trinajstić information content (AvgIpc) is 2.98. The highest BCUT2D eigenvalue weighted by Crippen LogP contribution is 2.27. The Balaban J connectivity index is 1.64. The molecule has 1 aromatic heterocycles. The molecule has 1 heterocycles. The summed E-state index contributed by atoms with van der Waals surface area (Å²) in [6.45, 7) is 13.0. The van der Waals surface area contributed by atoms with E-state index in [2.05, 4.69) is 39.8 Å². The van der Waals surface area contributed by atoms with Crippen LogP contribution in [0.15, 0.2) is 102 Å². The van der Waals surface area contributed by atoms with Gasteiger partial charge in [0.2, 0.25) is 0 Å². The topological polar surface area (TPSA) is 55.2 Å². The lowest BCUT2D eigenvalue weighted by atomic mass is 9.86. The molecule has 0 spiro atoms. The van der Waals surface area contributed by atoms with Crippen molar-refractivity contribution in [2.75, 3.05) is 6.54 Å². The van der Waals surface area contributed by atoms with E-state index < -0.39 is 6.04 Å². The third-order valence-electron chi connectivity index (χ3n) is 8.13. The SMILES string of the molecule is Cc1ccc(-n2c(C(C)N(CCc3ccccc3)C(=O)c3ccc(C(C)(C)C)cc3)nc3ccccc3c2=O)cc1C. The predicted octanol–water partition coefficient (Wildman–Crippen LogP) is 7.75. The Labute approximate surface area is 248 Å². The van der Waals surface area contributed by atoms with Gasteiger partial charge in [-0.05, 0) is 91.3 Å². The van der Waals surface area contributed by atoms with E-state index in [-0.39, 0.29) is 16.9 Å².